The van der Waals surface area contributed by atoms with E-state index in [0.717, 1.165) is 23.1 Å². The molecule has 116 valence electrons. The Morgan fingerprint density at radius 3 is 2.73 bits per heavy atom. The predicted molar refractivity (Wildman–Crippen MR) is 95.9 cm³/mol. The molecule has 1 heterocycles. The van der Waals surface area contributed by atoms with Gasteiger partial charge in [0.25, 0.3) is 0 Å². The molecule has 0 aromatic heterocycles. The van der Waals surface area contributed by atoms with Crippen LogP contribution in [0.1, 0.15) is 48.9 Å². The van der Waals surface area contributed by atoms with Crippen LogP contribution in [-0.2, 0) is 6.42 Å². The lowest BCUT2D eigenvalue weighted by Gasteiger charge is -2.30. The molecule has 0 spiro atoms. The first kappa shape index (κ1) is 15.4. The van der Waals surface area contributed by atoms with Gasteiger partial charge in [-0.05, 0) is 57.9 Å². The van der Waals surface area contributed by atoms with Crippen molar-refractivity contribution in [1.82, 2.24) is 0 Å². The summed E-state index contributed by atoms with van der Waals surface area (Å²) >= 11 is 3.74. The summed E-state index contributed by atoms with van der Waals surface area (Å²) in [5.74, 6) is 1.51. The molecular weight excluding hydrogens is 338 g/mol. The number of methoxy groups -OCH3 is 1. The Morgan fingerprint density at radius 1 is 1.23 bits per heavy atom. The number of aryl methyl sites for hydroxylation is 1. The number of para-hydroxylation sites is 1. The topological polar surface area (TPSA) is 21.3 Å². The lowest BCUT2D eigenvalue weighted by Crippen LogP contribution is -2.19. The molecular formula is C19H22BrNO. The predicted octanol–water partition coefficient (Wildman–Crippen LogP) is 5.68. The number of nitrogens with one attached hydrogen (secondary N) is 1. The smallest absolute Gasteiger partial charge is 0.124 e. The largest absolute Gasteiger partial charge is 0.496 e. The highest BCUT2D eigenvalue weighted by Gasteiger charge is 2.24. The van der Waals surface area contributed by atoms with Crippen LogP contribution in [0.4, 0.5) is 5.69 Å². The van der Waals surface area contributed by atoms with Gasteiger partial charge in [0.1, 0.15) is 5.75 Å². The summed E-state index contributed by atoms with van der Waals surface area (Å²) in [7, 11) is 1.74. The summed E-state index contributed by atoms with van der Waals surface area (Å²) in [5, 5.41) is 3.70. The van der Waals surface area contributed by atoms with Crippen LogP contribution in [-0.4, -0.2) is 7.11 Å². The van der Waals surface area contributed by atoms with E-state index < -0.39 is 0 Å². The zero-order valence-corrected chi connectivity index (χ0v) is 14.9. The van der Waals surface area contributed by atoms with Crippen LogP contribution in [0.3, 0.4) is 0 Å². The summed E-state index contributed by atoms with van der Waals surface area (Å²) in [6.07, 6.45) is 2.17. The summed E-state index contributed by atoms with van der Waals surface area (Å²) in [5.41, 5.74) is 5.26. The summed E-state index contributed by atoms with van der Waals surface area (Å²) in [4.78, 5) is 0. The molecule has 0 saturated carbocycles. The lowest BCUT2D eigenvalue weighted by atomic mass is 9.90. The van der Waals surface area contributed by atoms with E-state index in [0.29, 0.717) is 12.0 Å². The Labute approximate surface area is 141 Å². The van der Waals surface area contributed by atoms with E-state index in [4.69, 9.17) is 4.74 Å². The van der Waals surface area contributed by atoms with Gasteiger partial charge in [0.2, 0.25) is 0 Å². The van der Waals surface area contributed by atoms with Crippen molar-refractivity contribution >= 4 is 21.6 Å². The van der Waals surface area contributed by atoms with Crippen molar-refractivity contribution in [2.24, 2.45) is 0 Å². The molecule has 1 atom stereocenters. The molecule has 2 nitrogen and oxygen atoms in total. The molecule has 1 aliphatic heterocycles. The Hall–Kier alpha value is -1.48. The zero-order chi connectivity index (χ0) is 15.7. The van der Waals surface area contributed by atoms with E-state index in [1.807, 2.05) is 12.1 Å². The van der Waals surface area contributed by atoms with Gasteiger partial charge in [0, 0.05) is 10.0 Å². The number of anilines is 1. The highest BCUT2D eigenvalue weighted by atomic mass is 79.9. The van der Waals surface area contributed by atoms with Crippen LogP contribution >= 0.6 is 15.9 Å². The second kappa shape index (κ2) is 6.33. The third kappa shape index (κ3) is 2.87. The molecule has 0 radical (unpaired) electrons. The van der Waals surface area contributed by atoms with Crippen molar-refractivity contribution in [2.45, 2.75) is 38.6 Å². The van der Waals surface area contributed by atoms with Crippen LogP contribution in [0.25, 0.3) is 0 Å². The number of rotatable bonds is 3. The second-order valence-corrected chi connectivity index (χ2v) is 7.02. The fourth-order valence-electron chi connectivity index (χ4n) is 3.11. The number of halogens is 1. The summed E-state index contributed by atoms with van der Waals surface area (Å²) in [6.45, 7) is 4.48. The van der Waals surface area contributed by atoms with E-state index in [-0.39, 0.29) is 0 Å². The number of hydrogen-bond donors (Lipinski definition) is 1. The number of ether oxygens (including phenoxy) is 1. The minimum atomic E-state index is 0.296. The SMILES string of the molecule is COc1ccccc1C1CCc2cc(C(C)C)cc(Br)c2N1. The van der Waals surface area contributed by atoms with Crippen LogP contribution in [0, 0.1) is 0 Å². The first-order valence-electron chi connectivity index (χ1n) is 7.82. The number of benzene rings is 2. The van der Waals surface area contributed by atoms with Gasteiger partial charge in [-0.2, -0.15) is 0 Å². The molecule has 1 N–H and O–H groups in total. The Bertz CT molecular complexity index is 681. The molecule has 0 fully saturated rings. The van der Waals surface area contributed by atoms with Crippen LogP contribution in [0.2, 0.25) is 0 Å². The molecule has 0 saturated heterocycles. The minimum Gasteiger partial charge on any atom is -0.496 e. The first-order chi connectivity index (χ1) is 10.6. The standard InChI is InChI=1S/C19H22BrNO/c1-12(2)14-10-13-8-9-17(21-19(13)16(20)11-14)15-6-4-5-7-18(15)22-3/h4-7,10-12,17,21H,8-9H2,1-3H3. The highest BCUT2D eigenvalue weighted by Crippen LogP contribution is 2.41. The summed E-state index contributed by atoms with van der Waals surface area (Å²) in [6, 6.07) is 13.2. The van der Waals surface area contributed by atoms with Crippen LogP contribution in [0.15, 0.2) is 40.9 Å². The fraction of sp³-hybridized carbons (Fsp3) is 0.368. The van der Waals surface area contributed by atoms with Gasteiger partial charge in [-0.1, -0.05) is 38.1 Å². The molecule has 0 bridgehead atoms. The van der Waals surface area contributed by atoms with E-state index in [2.05, 4.69) is 59.4 Å². The van der Waals surface area contributed by atoms with Crippen molar-refractivity contribution in [1.29, 1.82) is 0 Å². The molecule has 22 heavy (non-hydrogen) atoms. The second-order valence-electron chi connectivity index (χ2n) is 6.17. The van der Waals surface area contributed by atoms with Gasteiger partial charge in [-0.3, -0.25) is 0 Å². The molecule has 2 aromatic carbocycles. The average Bonchev–Trinajstić information content (AvgIpc) is 2.54. The Balaban J connectivity index is 1.94. The molecule has 1 aliphatic rings. The first-order valence-corrected chi connectivity index (χ1v) is 8.61. The zero-order valence-electron chi connectivity index (χ0n) is 13.3. The molecule has 0 aliphatic carbocycles. The van der Waals surface area contributed by atoms with Crippen LogP contribution in [0.5, 0.6) is 5.75 Å². The average molecular weight is 360 g/mol. The van der Waals surface area contributed by atoms with Gasteiger partial charge in [0.05, 0.1) is 18.8 Å². The van der Waals surface area contributed by atoms with Gasteiger partial charge in [0.15, 0.2) is 0 Å². The quantitative estimate of drug-likeness (QED) is 0.760. The molecule has 3 rings (SSSR count). The van der Waals surface area contributed by atoms with Crippen molar-refractivity contribution in [3.05, 3.63) is 57.6 Å². The van der Waals surface area contributed by atoms with Gasteiger partial charge in [-0.15, -0.1) is 0 Å². The monoisotopic (exact) mass is 359 g/mol. The van der Waals surface area contributed by atoms with Crippen molar-refractivity contribution < 1.29 is 4.74 Å². The molecule has 0 amide bonds. The van der Waals surface area contributed by atoms with Gasteiger partial charge < -0.3 is 10.1 Å². The maximum absolute atomic E-state index is 5.52. The summed E-state index contributed by atoms with van der Waals surface area (Å²) < 4.78 is 6.68. The van der Waals surface area contributed by atoms with E-state index in [1.54, 1.807) is 7.11 Å². The van der Waals surface area contributed by atoms with Gasteiger partial charge in [-0.25, -0.2) is 0 Å². The van der Waals surface area contributed by atoms with Crippen LogP contribution < -0.4 is 10.1 Å². The third-order valence-corrected chi connectivity index (χ3v) is 5.02. The molecule has 2 aromatic rings. The lowest BCUT2D eigenvalue weighted by molar-refractivity contribution is 0.405. The van der Waals surface area contributed by atoms with Crippen molar-refractivity contribution in [3.8, 4) is 5.75 Å². The number of hydrogen-bond acceptors (Lipinski definition) is 2. The third-order valence-electron chi connectivity index (χ3n) is 4.40. The maximum atomic E-state index is 5.52. The normalized spacial score (nSPS) is 17.0. The highest BCUT2D eigenvalue weighted by molar-refractivity contribution is 9.10. The fourth-order valence-corrected chi connectivity index (χ4v) is 3.75. The van der Waals surface area contributed by atoms with E-state index >= 15 is 0 Å². The Kier molecular flexibility index (Phi) is 4.44. The minimum absolute atomic E-state index is 0.296. The molecule has 3 heteroatoms. The van der Waals surface area contributed by atoms with E-state index in [1.165, 1.54) is 22.4 Å². The van der Waals surface area contributed by atoms with Crippen molar-refractivity contribution in [2.75, 3.05) is 12.4 Å². The van der Waals surface area contributed by atoms with E-state index in [9.17, 15) is 0 Å². The molecule has 1 unspecified atom stereocenters. The maximum Gasteiger partial charge on any atom is 0.124 e. The van der Waals surface area contributed by atoms with Gasteiger partial charge >= 0.3 is 0 Å². The van der Waals surface area contributed by atoms with Crippen molar-refractivity contribution in [3.63, 3.8) is 0 Å². The Morgan fingerprint density at radius 2 is 2.00 bits per heavy atom. The number of fused-ring (bicyclic) bond motifs is 1.